The first-order valence-electron chi connectivity index (χ1n) is 24.5. The van der Waals surface area contributed by atoms with E-state index in [1.54, 1.807) is 80.1 Å². The van der Waals surface area contributed by atoms with E-state index in [4.69, 9.17) is 38.4 Å². The number of hydrogen-bond acceptors (Lipinski definition) is 16. The first kappa shape index (κ1) is 52.5. The Hall–Kier alpha value is -6.79. The lowest BCUT2D eigenvalue weighted by Gasteiger charge is -2.40. The van der Waals surface area contributed by atoms with Gasteiger partial charge in [0.1, 0.15) is 40.1 Å². The number of allylic oxidation sites excluding steroid dienone is 2. The van der Waals surface area contributed by atoms with Crippen LogP contribution >= 0.6 is 0 Å². The van der Waals surface area contributed by atoms with Crippen molar-refractivity contribution in [2.75, 3.05) is 26.6 Å². The molecular formula is C56H66N4O13. The third-order valence-electron chi connectivity index (χ3n) is 15.1. The van der Waals surface area contributed by atoms with E-state index in [9.17, 15) is 30.0 Å². The molecule has 73 heavy (non-hydrogen) atoms. The highest BCUT2D eigenvalue weighted by atomic mass is 16.7. The number of ketones is 1. The van der Waals surface area contributed by atoms with Gasteiger partial charge in [-0.15, -0.1) is 0 Å². The molecule has 0 radical (unpaired) electrons. The van der Waals surface area contributed by atoms with Crippen molar-refractivity contribution in [1.29, 1.82) is 0 Å². The van der Waals surface area contributed by atoms with Crippen LogP contribution in [0.5, 0.6) is 28.7 Å². The van der Waals surface area contributed by atoms with E-state index in [1.807, 2.05) is 48.5 Å². The topological polar surface area (TPSA) is 236 Å². The fraction of sp³-hybridized carbons (Fsp3) is 0.446. The summed E-state index contributed by atoms with van der Waals surface area (Å²) in [4.78, 5) is 52.8. The van der Waals surface area contributed by atoms with E-state index in [2.05, 4.69) is 10.6 Å². The molecule has 0 aromatic heterocycles. The number of carbonyl (C=O) groups is 3. The lowest BCUT2D eigenvalue weighted by atomic mass is 9.78. The molecule has 17 nitrogen and oxygen atoms in total. The minimum Gasteiger partial charge on any atom is -0.507 e. The number of Topliss-reactive ketones (excluding diaryl/α,β-unsaturated/α-hetero) is 1. The molecule has 1 amide bonds. The number of phenolic OH excluding ortho intramolecular Hbond substituents is 2. The molecule has 388 valence electrons. The second-order valence-electron chi connectivity index (χ2n) is 20.0. The van der Waals surface area contributed by atoms with Gasteiger partial charge in [-0.3, -0.25) is 24.4 Å². The maximum absolute atomic E-state index is 15.1. The molecule has 1 unspecified atom stereocenters. The Balaban J connectivity index is 1.34. The zero-order valence-electron chi connectivity index (χ0n) is 43.1. The number of benzene rings is 4. The number of anilines is 1. The lowest BCUT2D eigenvalue weighted by molar-refractivity contribution is -0.160. The largest absolute Gasteiger partial charge is 0.507 e. The monoisotopic (exact) mass is 1000 g/mol. The summed E-state index contributed by atoms with van der Waals surface area (Å²) < 4.78 is 35.2. The first-order chi connectivity index (χ1) is 34.7. The number of esters is 1. The van der Waals surface area contributed by atoms with Crippen LogP contribution in [0.15, 0.2) is 94.7 Å². The van der Waals surface area contributed by atoms with Gasteiger partial charge in [0.2, 0.25) is 0 Å². The highest BCUT2D eigenvalue weighted by Gasteiger charge is 2.51. The summed E-state index contributed by atoms with van der Waals surface area (Å²) in [5, 5.41) is 54.7. The van der Waals surface area contributed by atoms with Gasteiger partial charge >= 0.3 is 11.8 Å². The minimum atomic E-state index is -2.04. The molecule has 4 aromatic rings. The normalized spacial score (nSPS) is 32.0. The van der Waals surface area contributed by atoms with E-state index in [0.29, 0.717) is 24.3 Å². The molecule has 1 spiro atoms. The number of nitrogens with zero attached hydrogens (tertiary/aromatic N) is 2. The molecule has 6 N–H and O–H groups in total. The van der Waals surface area contributed by atoms with E-state index in [1.165, 1.54) is 27.2 Å². The highest BCUT2D eigenvalue weighted by molar-refractivity contribution is 6.19. The summed E-state index contributed by atoms with van der Waals surface area (Å²) in [6, 6.07) is 14.7. The van der Waals surface area contributed by atoms with Crippen molar-refractivity contribution >= 4 is 34.1 Å². The average molecular weight is 1000 g/mol. The van der Waals surface area contributed by atoms with Gasteiger partial charge in [-0.1, -0.05) is 70.2 Å². The van der Waals surface area contributed by atoms with Gasteiger partial charge < -0.3 is 59.5 Å². The number of ether oxygens (including phenoxy) is 6. The van der Waals surface area contributed by atoms with Gasteiger partial charge in [-0.25, -0.2) is 0 Å². The number of piperidine rings is 1. The number of aromatic hydroxyl groups is 2. The average Bonchev–Trinajstić information content (AvgIpc) is 3.87. The smallest absolute Gasteiger partial charge is 0.312 e. The van der Waals surface area contributed by atoms with Gasteiger partial charge in [0.15, 0.2) is 11.4 Å². The number of fused-ring (bicyclic) bond motifs is 1. The Morgan fingerprint density at radius 3 is 1.93 bits per heavy atom. The maximum atomic E-state index is 15.1. The molecule has 4 aliphatic rings. The molecule has 1 saturated heterocycles. The van der Waals surface area contributed by atoms with Crippen LogP contribution in [0, 0.1) is 30.6 Å². The summed E-state index contributed by atoms with van der Waals surface area (Å²) >= 11 is 0. The van der Waals surface area contributed by atoms with Crippen LogP contribution < -0.4 is 35.6 Å². The van der Waals surface area contributed by atoms with Crippen LogP contribution in [-0.4, -0.2) is 95.3 Å². The van der Waals surface area contributed by atoms with E-state index in [-0.39, 0.29) is 61.7 Å². The molecule has 1 fully saturated rings. The molecule has 4 heterocycles. The van der Waals surface area contributed by atoms with E-state index in [0.717, 1.165) is 11.1 Å². The summed E-state index contributed by atoms with van der Waals surface area (Å²) in [6.45, 7) is 12.8. The second kappa shape index (κ2) is 20.6. The number of aliphatic hydroxyl groups excluding tert-OH is 2. The number of rotatable bonds is 6. The quantitative estimate of drug-likeness (QED) is 0.0854. The van der Waals surface area contributed by atoms with Crippen molar-refractivity contribution in [3.8, 4) is 28.7 Å². The molecule has 4 aliphatic heterocycles. The molecule has 0 aliphatic carbocycles. The van der Waals surface area contributed by atoms with Crippen LogP contribution in [0.4, 0.5) is 5.69 Å². The van der Waals surface area contributed by atoms with Crippen molar-refractivity contribution in [1.82, 2.24) is 5.32 Å². The number of methoxy groups -OCH3 is 3. The van der Waals surface area contributed by atoms with E-state index >= 15 is 4.79 Å². The zero-order valence-corrected chi connectivity index (χ0v) is 43.1. The first-order valence-corrected chi connectivity index (χ1v) is 24.5. The SMILES string of the molecule is COc1ccc([C@@H]2CC3(C[C@H](c4ccc(OC)cc4)N2)N=c2c4c(O)c5c(O)c(C)c6c(c5c2=N3)C(=O)[C@@](C)(O/C=C\[C@H](OC)[C@@H](C)[C@@H](OC(C)=O)[C@@H](C)[C@@H](O)[C@H](C)[C@@H](O)[C@@H](C)/C=C\C=C(/C)C(=O)N4)O6)cc1. The number of amides is 1. The summed E-state index contributed by atoms with van der Waals surface area (Å²) in [6.07, 6.45) is 4.36. The van der Waals surface area contributed by atoms with Crippen molar-refractivity contribution in [3.05, 3.63) is 118 Å². The summed E-state index contributed by atoms with van der Waals surface area (Å²) in [7, 11) is 4.65. The molecule has 0 saturated carbocycles. The highest BCUT2D eigenvalue weighted by Crippen LogP contribution is 2.51. The Morgan fingerprint density at radius 2 is 1.37 bits per heavy atom. The standard InChI is InChI=1S/C56H66N4O13/c1-27-13-12-14-28(2)54(67)58-46-45-44(59-56(60-45)25-38(34-15-19-36(68-9)20-16-34)57-39(26-56)35-17-21-37(69-10)22-18-35)41-42(50(46)65)49(64)32(6)52-43(41)53(66)55(8,73-52)71-24-23-40(70-11)29(3)51(72-33(7)61)31(5)48(63)30(4)47(27)62/h12-24,27,29-31,38-40,47-48,51,57,62-65H,25-26H2,1-11H3,(H,58,67)/b13-12-,24-23-,28-14+/t27-,29+,30+,31-,38-,39+,40-,47-,48-,51+,55-,56?/m0/s1. The van der Waals surface area contributed by atoms with Crippen LogP contribution in [-0.2, 0) is 23.8 Å². The van der Waals surface area contributed by atoms with E-state index < -0.39 is 88.7 Å². The van der Waals surface area contributed by atoms with Gasteiger partial charge in [-0.05, 0) is 55.3 Å². The summed E-state index contributed by atoms with van der Waals surface area (Å²) in [5.74, 6) is -6.04. The predicted octanol–water partition coefficient (Wildman–Crippen LogP) is 6.88. The van der Waals surface area contributed by atoms with Crippen molar-refractivity contribution in [2.45, 2.75) is 116 Å². The Morgan fingerprint density at radius 1 is 0.781 bits per heavy atom. The van der Waals surface area contributed by atoms with Gasteiger partial charge in [0.05, 0.1) is 55.1 Å². The van der Waals surface area contributed by atoms with Crippen molar-refractivity contribution in [3.63, 3.8) is 0 Å². The molecule has 12 atom stereocenters. The van der Waals surface area contributed by atoms with Gasteiger partial charge in [0, 0.05) is 86.1 Å². The van der Waals surface area contributed by atoms with Crippen LogP contribution in [0.2, 0.25) is 0 Å². The number of nitrogens with one attached hydrogen (secondary N) is 2. The minimum absolute atomic E-state index is 0.00557. The Bertz CT molecular complexity index is 2970. The van der Waals surface area contributed by atoms with Crippen molar-refractivity contribution < 1.29 is 63.2 Å². The maximum Gasteiger partial charge on any atom is 0.312 e. The zero-order chi connectivity index (χ0) is 52.8. The third kappa shape index (κ3) is 9.78. The molecular weight excluding hydrogens is 937 g/mol. The van der Waals surface area contributed by atoms with Crippen LogP contribution in [0.25, 0.3) is 10.8 Å². The van der Waals surface area contributed by atoms with Crippen molar-refractivity contribution in [2.24, 2.45) is 33.7 Å². The molecule has 17 heteroatoms. The lowest BCUT2D eigenvalue weighted by Crippen LogP contribution is -2.46. The van der Waals surface area contributed by atoms with Gasteiger partial charge in [0.25, 0.3) is 11.7 Å². The fourth-order valence-electron chi connectivity index (χ4n) is 10.7. The molecule has 4 aromatic carbocycles. The fourth-order valence-corrected chi connectivity index (χ4v) is 10.7. The van der Waals surface area contributed by atoms with Crippen LogP contribution in [0.3, 0.4) is 0 Å². The predicted molar refractivity (Wildman–Crippen MR) is 271 cm³/mol. The number of hydrogen-bond donors (Lipinski definition) is 6. The number of carbonyl (C=O) groups excluding carboxylic acids is 3. The second-order valence-corrected chi connectivity index (χ2v) is 20.0. The number of phenols is 2. The molecule has 4 bridgehead atoms. The van der Waals surface area contributed by atoms with Gasteiger partial charge in [-0.2, -0.15) is 0 Å². The summed E-state index contributed by atoms with van der Waals surface area (Å²) in [5.41, 5.74) is 0.738. The van der Waals surface area contributed by atoms with Crippen LogP contribution in [0.1, 0.15) is 100 Å². The third-order valence-corrected chi connectivity index (χ3v) is 15.1. The Kier molecular flexibility index (Phi) is 14.8. The molecule has 8 rings (SSSR count). The Labute approximate surface area is 424 Å². The number of aliphatic hydroxyl groups is 2.